The molecule has 0 amide bonds. The Morgan fingerprint density at radius 1 is 1.13 bits per heavy atom. The Morgan fingerprint density at radius 3 is 1.80 bits per heavy atom. The summed E-state index contributed by atoms with van der Waals surface area (Å²) in [6.45, 7) is 0. The van der Waals surface area contributed by atoms with Crippen LogP contribution < -0.4 is 0 Å². The maximum absolute atomic E-state index is 12.4. The zero-order chi connectivity index (χ0) is 12.4. The quantitative estimate of drug-likeness (QED) is 0.557. The smallest absolute Gasteiger partial charge is 0.407 e. The Balaban J connectivity index is 5.08. The number of alkyl halides is 7. The van der Waals surface area contributed by atoms with Crippen molar-refractivity contribution in [1.82, 2.24) is 0 Å². The van der Waals surface area contributed by atoms with Crippen molar-refractivity contribution in [3.63, 3.8) is 0 Å². The Kier molecular flexibility index (Phi) is 3.94. The predicted octanol–water partition coefficient (Wildman–Crippen LogP) is 2.03. The maximum Gasteiger partial charge on any atom is 0.407 e. The molecule has 0 aromatic rings. The van der Waals surface area contributed by atoms with Crippen molar-refractivity contribution in [2.45, 2.75) is 24.4 Å². The average Bonchev–Trinajstić information content (AvgIpc) is 2.14. The van der Waals surface area contributed by atoms with Crippen LogP contribution >= 0.6 is 0 Å². The van der Waals surface area contributed by atoms with Gasteiger partial charge in [-0.2, -0.15) is 17.6 Å². The van der Waals surface area contributed by atoms with E-state index in [-0.39, 0.29) is 0 Å². The summed E-state index contributed by atoms with van der Waals surface area (Å²) < 4.78 is 87.9. The van der Waals surface area contributed by atoms with Crippen molar-refractivity contribution in [2.24, 2.45) is 0 Å². The van der Waals surface area contributed by atoms with Crippen LogP contribution in [0.2, 0.25) is 0 Å². The molecule has 1 atom stereocenters. The van der Waals surface area contributed by atoms with Gasteiger partial charge in [0.25, 0.3) is 6.43 Å². The zero-order valence-electron chi connectivity index (χ0n) is 7.12. The van der Waals surface area contributed by atoms with Gasteiger partial charge in [0.05, 0.1) is 7.11 Å². The number of halogens is 7. The Bertz CT molecular complexity index is 240. The molecule has 9 heteroatoms. The van der Waals surface area contributed by atoms with E-state index in [4.69, 9.17) is 0 Å². The first kappa shape index (κ1) is 14.0. The molecule has 0 saturated carbocycles. The van der Waals surface area contributed by atoms with Crippen LogP contribution in [0.15, 0.2) is 0 Å². The van der Waals surface area contributed by atoms with E-state index in [1.54, 1.807) is 0 Å². The first-order chi connectivity index (χ1) is 6.59. The Labute approximate surface area is 79.0 Å². The number of hydrogen-bond donors (Lipinski definition) is 0. The first-order valence-electron chi connectivity index (χ1n) is 3.35. The SMILES string of the molecule is COC(=O)C(F)(F)C(F)(F)C(F)C(F)F. The van der Waals surface area contributed by atoms with Gasteiger partial charge in [0.1, 0.15) is 0 Å². The fourth-order valence-corrected chi connectivity index (χ4v) is 0.596. The normalized spacial score (nSPS) is 15.3. The summed E-state index contributed by atoms with van der Waals surface area (Å²) in [5, 5.41) is 0. The Morgan fingerprint density at radius 2 is 1.53 bits per heavy atom. The van der Waals surface area contributed by atoms with E-state index in [0.29, 0.717) is 7.11 Å². The van der Waals surface area contributed by atoms with Crippen LogP contribution in [0.3, 0.4) is 0 Å². The van der Waals surface area contributed by atoms with Crippen LogP contribution in [-0.4, -0.2) is 37.5 Å². The minimum absolute atomic E-state index is 0.335. The summed E-state index contributed by atoms with van der Waals surface area (Å²) in [6, 6.07) is 0. The van der Waals surface area contributed by atoms with Gasteiger partial charge in [0.15, 0.2) is 0 Å². The Hall–Kier alpha value is -1.02. The van der Waals surface area contributed by atoms with Crippen LogP contribution in [0.4, 0.5) is 30.7 Å². The van der Waals surface area contributed by atoms with Gasteiger partial charge < -0.3 is 4.74 Å². The van der Waals surface area contributed by atoms with E-state index < -0.39 is 30.4 Å². The lowest BCUT2D eigenvalue weighted by Crippen LogP contribution is -2.55. The van der Waals surface area contributed by atoms with E-state index in [9.17, 15) is 35.5 Å². The van der Waals surface area contributed by atoms with E-state index in [0.717, 1.165) is 0 Å². The number of ether oxygens (including phenoxy) is 1. The molecule has 0 aliphatic rings. The third-order valence-corrected chi connectivity index (χ3v) is 1.43. The molecule has 0 aromatic heterocycles. The number of esters is 1. The molecule has 0 spiro atoms. The maximum atomic E-state index is 12.4. The molecule has 0 fully saturated rings. The van der Waals surface area contributed by atoms with Crippen molar-refractivity contribution in [3.05, 3.63) is 0 Å². The highest BCUT2D eigenvalue weighted by Crippen LogP contribution is 2.41. The van der Waals surface area contributed by atoms with Gasteiger partial charge in [-0.05, 0) is 0 Å². The van der Waals surface area contributed by atoms with Crippen LogP contribution in [0, 0.1) is 0 Å². The molecular formula is C6H5F7O2. The molecule has 0 heterocycles. The third-order valence-electron chi connectivity index (χ3n) is 1.43. The van der Waals surface area contributed by atoms with Crippen LogP contribution in [0.1, 0.15) is 0 Å². The summed E-state index contributed by atoms with van der Waals surface area (Å²) >= 11 is 0. The summed E-state index contributed by atoms with van der Waals surface area (Å²) in [6.07, 6.45) is -8.79. The van der Waals surface area contributed by atoms with Gasteiger partial charge in [-0.3, -0.25) is 0 Å². The average molecular weight is 242 g/mol. The lowest BCUT2D eigenvalue weighted by Gasteiger charge is -2.26. The van der Waals surface area contributed by atoms with Gasteiger partial charge in [0.2, 0.25) is 6.17 Å². The first-order valence-corrected chi connectivity index (χ1v) is 3.35. The molecule has 0 bridgehead atoms. The largest absolute Gasteiger partial charge is 0.464 e. The van der Waals surface area contributed by atoms with Gasteiger partial charge in [0, 0.05) is 0 Å². The fourth-order valence-electron chi connectivity index (χ4n) is 0.596. The minimum Gasteiger partial charge on any atom is -0.464 e. The van der Waals surface area contributed by atoms with Gasteiger partial charge in [-0.15, -0.1) is 0 Å². The van der Waals surface area contributed by atoms with Gasteiger partial charge in [-0.25, -0.2) is 18.0 Å². The van der Waals surface area contributed by atoms with E-state index in [1.807, 2.05) is 0 Å². The molecule has 0 rings (SSSR count). The number of carbonyl (C=O) groups excluding carboxylic acids is 1. The van der Waals surface area contributed by atoms with Gasteiger partial charge >= 0.3 is 17.8 Å². The molecule has 0 aliphatic heterocycles. The second-order valence-electron chi connectivity index (χ2n) is 2.43. The van der Waals surface area contributed by atoms with Gasteiger partial charge in [-0.1, -0.05) is 0 Å². The molecule has 2 nitrogen and oxygen atoms in total. The highest BCUT2D eigenvalue weighted by atomic mass is 19.3. The lowest BCUT2D eigenvalue weighted by atomic mass is 10.1. The molecule has 0 N–H and O–H groups in total. The predicted molar refractivity (Wildman–Crippen MR) is 32.8 cm³/mol. The topological polar surface area (TPSA) is 26.3 Å². The van der Waals surface area contributed by atoms with Crippen LogP contribution in [0.5, 0.6) is 0 Å². The van der Waals surface area contributed by atoms with Crippen molar-refractivity contribution >= 4 is 5.97 Å². The summed E-state index contributed by atoms with van der Waals surface area (Å²) in [4.78, 5) is 10.1. The second kappa shape index (κ2) is 4.23. The number of carbonyl (C=O) groups is 1. The molecule has 15 heavy (non-hydrogen) atoms. The zero-order valence-corrected chi connectivity index (χ0v) is 7.12. The number of hydrogen-bond acceptors (Lipinski definition) is 2. The van der Waals surface area contributed by atoms with Crippen molar-refractivity contribution in [3.8, 4) is 0 Å². The van der Waals surface area contributed by atoms with Crippen LogP contribution in [0.25, 0.3) is 0 Å². The van der Waals surface area contributed by atoms with Crippen molar-refractivity contribution in [2.75, 3.05) is 7.11 Å². The van der Waals surface area contributed by atoms with Crippen LogP contribution in [-0.2, 0) is 9.53 Å². The van der Waals surface area contributed by atoms with E-state index in [1.165, 1.54) is 0 Å². The van der Waals surface area contributed by atoms with Crippen molar-refractivity contribution in [1.29, 1.82) is 0 Å². The monoisotopic (exact) mass is 242 g/mol. The highest BCUT2D eigenvalue weighted by Gasteiger charge is 2.69. The number of methoxy groups -OCH3 is 1. The van der Waals surface area contributed by atoms with Crippen molar-refractivity contribution < 1.29 is 40.3 Å². The minimum atomic E-state index is -5.83. The molecule has 0 radical (unpaired) electrons. The summed E-state index contributed by atoms with van der Waals surface area (Å²) in [5.41, 5.74) is 0. The molecule has 0 aromatic carbocycles. The second-order valence-corrected chi connectivity index (χ2v) is 2.43. The molecule has 90 valence electrons. The van der Waals surface area contributed by atoms with E-state index >= 15 is 0 Å². The lowest BCUT2D eigenvalue weighted by molar-refractivity contribution is -0.259. The third kappa shape index (κ3) is 2.32. The molecule has 1 unspecified atom stereocenters. The fraction of sp³-hybridized carbons (Fsp3) is 0.833. The van der Waals surface area contributed by atoms with E-state index in [2.05, 4.69) is 4.74 Å². The molecule has 0 saturated heterocycles. The summed E-state index contributed by atoms with van der Waals surface area (Å²) in [7, 11) is 0.335. The highest BCUT2D eigenvalue weighted by molar-refractivity contribution is 5.78. The standard InChI is InChI=1S/C6H5F7O2/c1-15-4(14)6(12,13)5(10,11)2(7)3(8)9/h2-3H,1H3. The molecule has 0 aliphatic carbocycles. The summed E-state index contributed by atoms with van der Waals surface area (Å²) in [5.74, 6) is -14.2. The molecular weight excluding hydrogens is 237 g/mol. The number of rotatable bonds is 4.